The van der Waals surface area contributed by atoms with Gasteiger partial charge in [-0.3, -0.25) is 4.98 Å². The van der Waals surface area contributed by atoms with E-state index in [0.717, 1.165) is 17.5 Å². The van der Waals surface area contributed by atoms with Crippen LogP contribution >= 0.6 is 0 Å². The van der Waals surface area contributed by atoms with E-state index in [1.807, 2.05) is 60.7 Å². The van der Waals surface area contributed by atoms with Crippen molar-refractivity contribution in [1.29, 1.82) is 0 Å². The van der Waals surface area contributed by atoms with E-state index in [9.17, 15) is 8.42 Å². The van der Waals surface area contributed by atoms with Crippen LogP contribution in [0.15, 0.2) is 83.9 Å². The third kappa shape index (κ3) is 4.16. The molecule has 0 aliphatic heterocycles. The van der Waals surface area contributed by atoms with Crippen molar-refractivity contribution >= 4 is 10.0 Å². The summed E-state index contributed by atoms with van der Waals surface area (Å²) in [6, 6.07) is 21.9. The second-order valence-corrected chi connectivity index (χ2v) is 8.96. The van der Waals surface area contributed by atoms with E-state index in [0.29, 0.717) is 16.5 Å². The number of rotatable bonds is 7. The topological polar surface area (TPSA) is 50.3 Å². The van der Waals surface area contributed by atoms with E-state index in [-0.39, 0.29) is 0 Å². The van der Waals surface area contributed by atoms with Gasteiger partial charge in [0.1, 0.15) is 0 Å². The Balaban J connectivity index is 2.01. The molecule has 1 aromatic heterocycles. The summed E-state index contributed by atoms with van der Waals surface area (Å²) in [5.41, 5.74) is 2.72. The molecular formula is C23H26N2O2S. The highest BCUT2D eigenvalue weighted by Gasteiger charge is 2.31. The molecule has 3 aromatic rings. The zero-order chi connectivity index (χ0) is 20.1. The molecule has 0 amide bonds. The lowest BCUT2D eigenvalue weighted by Gasteiger charge is -2.27. The number of nitrogens with zero attached hydrogens (tertiary/aromatic N) is 2. The molecule has 28 heavy (non-hydrogen) atoms. The molecule has 0 unspecified atom stereocenters. The van der Waals surface area contributed by atoms with E-state index >= 15 is 0 Å². The summed E-state index contributed by atoms with van der Waals surface area (Å²) in [5, 5.41) is 0. The van der Waals surface area contributed by atoms with Gasteiger partial charge in [-0.2, -0.15) is 4.31 Å². The van der Waals surface area contributed by atoms with E-state index in [1.165, 1.54) is 4.31 Å². The molecule has 2 aromatic carbocycles. The fourth-order valence-electron chi connectivity index (χ4n) is 3.25. The van der Waals surface area contributed by atoms with Crippen molar-refractivity contribution in [2.24, 2.45) is 0 Å². The van der Waals surface area contributed by atoms with Crippen molar-refractivity contribution in [3.05, 3.63) is 95.8 Å². The van der Waals surface area contributed by atoms with Crippen LogP contribution in [-0.4, -0.2) is 24.8 Å². The summed E-state index contributed by atoms with van der Waals surface area (Å²) in [6.45, 7) is 4.27. The molecule has 0 saturated heterocycles. The maximum Gasteiger partial charge on any atom is 0.243 e. The molecule has 0 aliphatic carbocycles. The Morgan fingerprint density at radius 3 is 2.11 bits per heavy atom. The van der Waals surface area contributed by atoms with Gasteiger partial charge in [0.25, 0.3) is 0 Å². The molecule has 4 nitrogen and oxygen atoms in total. The van der Waals surface area contributed by atoms with Crippen molar-refractivity contribution in [3.8, 4) is 0 Å². The first kappa shape index (κ1) is 20.2. The molecule has 2 atom stereocenters. The number of benzene rings is 2. The van der Waals surface area contributed by atoms with Crippen LogP contribution in [0.4, 0.5) is 0 Å². The summed E-state index contributed by atoms with van der Waals surface area (Å²) in [4.78, 5) is 4.72. The van der Waals surface area contributed by atoms with Crippen molar-refractivity contribution < 1.29 is 8.42 Å². The van der Waals surface area contributed by atoms with Crippen LogP contribution in [0.1, 0.15) is 49.0 Å². The SMILES string of the molecule is CC[C@@H](C)c1ccc(S(=O)(=O)N(C)[C@H](c2ccccc2)c2ccccn2)cc1. The van der Waals surface area contributed by atoms with Gasteiger partial charge >= 0.3 is 0 Å². The Kier molecular flexibility index (Phi) is 6.27. The summed E-state index contributed by atoms with van der Waals surface area (Å²) in [5.74, 6) is 0.403. The molecule has 146 valence electrons. The molecule has 5 heteroatoms. The van der Waals surface area contributed by atoms with E-state index in [1.54, 1.807) is 25.4 Å². The second kappa shape index (κ2) is 8.67. The number of hydrogen-bond acceptors (Lipinski definition) is 3. The van der Waals surface area contributed by atoms with Crippen LogP contribution in [0.3, 0.4) is 0 Å². The highest BCUT2D eigenvalue weighted by molar-refractivity contribution is 7.89. The van der Waals surface area contributed by atoms with Crippen LogP contribution < -0.4 is 0 Å². The number of pyridine rings is 1. The van der Waals surface area contributed by atoms with Crippen LogP contribution in [0.2, 0.25) is 0 Å². The van der Waals surface area contributed by atoms with E-state index in [2.05, 4.69) is 18.8 Å². The third-order valence-corrected chi connectivity index (χ3v) is 7.02. The van der Waals surface area contributed by atoms with E-state index in [4.69, 9.17) is 0 Å². The summed E-state index contributed by atoms with van der Waals surface area (Å²) >= 11 is 0. The Bertz CT molecular complexity index is 948. The van der Waals surface area contributed by atoms with E-state index < -0.39 is 16.1 Å². The first-order valence-electron chi connectivity index (χ1n) is 9.49. The number of aromatic nitrogens is 1. The molecule has 0 aliphatic rings. The Morgan fingerprint density at radius 2 is 1.54 bits per heavy atom. The molecule has 3 rings (SSSR count). The van der Waals surface area contributed by atoms with Gasteiger partial charge in [-0.1, -0.05) is 62.4 Å². The number of sulfonamides is 1. The van der Waals surface area contributed by atoms with Gasteiger partial charge in [0.2, 0.25) is 10.0 Å². The predicted molar refractivity (Wildman–Crippen MR) is 113 cm³/mol. The number of hydrogen-bond donors (Lipinski definition) is 0. The third-order valence-electron chi connectivity index (χ3n) is 5.19. The van der Waals surface area contributed by atoms with Crippen molar-refractivity contribution in [2.45, 2.75) is 37.1 Å². The highest BCUT2D eigenvalue weighted by Crippen LogP contribution is 2.31. The van der Waals surface area contributed by atoms with Crippen molar-refractivity contribution in [2.75, 3.05) is 7.05 Å². The fraction of sp³-hybridized carbons (Fsp3) is 0.261. The van der Waals surface area contributed by atoms with Gasteiger partial charge in [0, 0.05) is 13.2 Å². The highest BCUT2D eigenvalue weighted by atomic mass is 32.2. The zero-order valence-electron chi connectivity index (χ0n) is 16.5. The minimum absolute atomic E-state index is 0.291. The molecular weight excluding hydrogens is 368 g/mol. The lowest BCUT2D eigenvalue weighted by molar-refractivity contribution is 0.412. The minimum atomic E-state index is -3.69. The molecule has 0 radical (unpaired) electrons. The molecule has 1 heterocycles. The maximum absolute atomic E-state index is 13.4. The largest absolute Gasteiger partial charge is 0.259 e. The average Bonchev–Trinajstić information content (AvgIpc) is 2.75. The zero-order valence-corrected chi connectivity index (χ0v) is 17.3. The van der Waals surface area contributed by atoms with Crippen LogP contribution in [0.5, 0.6) is 0 Å². The van der Waals surface area contributed by atoms with Gasteiger partial charge in [-0.25, -0.2) is 8.42 Å². The molecule has 0 fully saturated rings. The summed E-state index contributed by atoms with van der Waals surface area (Å²) in [6.07, 6.45) is 2.70. The Hall–Kier alpha value is -2.50. The standard InChI is InChI=1S/C23H26N2O2S/c1-4-18(2)19-13-15-21(16-14-19)28(26,27)25(3)23(20-10-6-5-7-11-20)22-12-8-9-17-24-22/h5-18,23H,4H2,1-3H3/t18-,23-/m1/s1. The first-order chi connectivity index (χ1) is 13.4. The summed E-state index contributed by atoms with van der Waals surface area (Å²) in [7, 11) is -2.08. The Morgan fingerprint density at radius 1 is 0.893 bits per heavy atom. The van der Waals surface area contributed by atoms with Crippen LogP contribution in [-0.2, 0) is 10.0 Å². The quantitative estimate of drug-likeness (QED) is 0.566. The monoisotopic (exact) mass is 394 g/mol. The molecule has 0 bridgehead atoms. The predicted octanol–water partition coefficient (Wildman–Crippen LogP) is 5.01. The lowest BCUT2D eigenvalue weighted by Crippen LogP contribution is -2.32. The van der Waals surface area contributed by atoms with Gasteiger partial charge < -0.3 is 0 Å². The van der Waals surface area contributed by atoms with Gasteiger partial charge in [-0.15, -0.1) is 0 Å². The van der Waals surface area contributed by atoms with Crippen molar-refractivity contribution in [1.82, 2.24) is 9.29 Å². The average molecular weight is 395 g/mol. The fourth-order valence-corrected chi connectivity index (χ4v) is 4.57. The Labute approximate surface area is 167 Å². The maximum atomic E-state index is 13.4. The minimum Gasteiger partial charge on any atom is -0.259 e. The lowest BCUT2D eigenvalue weighted by atomic mass is 9.99. The van der Waals surface area contributed by atoms with Gasteiger partial charge in [0.05, 0.1) is 16.6 Å². The molecule has 0 N–H and O–H groups in total. The smallest absolute Gasteiger partial charge is 0.243 e. The normalized spacial score (nSPS) is 14.0. The van der Waals surface area contributed by atoms with Crippen molar-refractivity contribution in [3.63, 3.8) is 0 Å². The van der Waals surface area contributed by atoms with Gasteiger partial charge in [-0.05, 0) is 47.7 Å². The molecule has 0 spiro atoms. The second-order valence-electron chi connectivity index (χ2n) is 6.97. The molecule has 0 saturated carbocycles. The summed E-state index contributed by atoms with van der Waals surface area (Å²) < 4.78 is 28.1. The first-order valence-corrected chi connectivity index (χ1v) is 10.9. The van der Waals surface area contributed by atoms with Gasteiger partial charge in [0.15, 0.2) is 0 Å². The van der Waals surface area contributed by atoms with Crippen LogP contribution in [0.25, 0.3) is 0 Å². The van der Waals surface area contributed by atoms with Crippen LogP contribution in [0, 0.1) is 0 Å².